The van der Waals surface area contributed by atoms with Gasteiger partial charge in [0.1, 0.15) is 0 Å². The summed E-state index contributed by atoms with van der Waals surface area (Å²) in [5.41, 5.74) is 1.30. The fourth-order valence-electron chi connectivity index (χ4n) is 2.91. The van der Waals surface area contributed by atoms with E-state index in [-0.39, 0.29) is 5.91 Å². The summed E-state index contributed by atoms with van der Waals surface area (Å²) in [7, 11) is 0. The Kier molecular flexibility index (Phi) is 3.75. The molecule has 0 bridgehead atoms. The molecule has 0 radical (unpaired) electrons. The second kappa shape index (κ2) is 5.69. The molecular weight excluding hydrogens is 264 g/mol. The predicted octanol–water partition coefficient (Wildman–Crippen LogP) is 2.34. The number of carbonyl (C=O) groups excluding carboxylic acids is 1. The number of benzene rings is 1. The molecule has 21 heavy (non-hydrogen) atoms. The van der Waals surface area contributed by atoms with E-state index in [1.54, 1.807) is 12.5 Å². The molecule has 2 aromatic rings. The normalized spacial score (nSPS) is 21.4. The van der Waals surface area contributed by atoms with Gasteiger partial charge in [0.05, 0.1) is 23.2 Å². The summed E-state index contributed by atoms with van der Waals surface area (Å²) in [6.45, 7) is 2.96. The van der Waals surface area contributed by atoms with Gasteiger partial charge in [-0.25, -0.2) is 4.98 Å². The summed E-state index contributed by atoms with van der Waals surface area (Å²) < 4.78 is 1.90. The second-order valence-corrected chi connectivity index (χ2v) is 5.41. The van der Waals surface area contributed by atoms with Crippen molar-refractivity contribution in [1.82, 2.24) is 14.9 Å². The van der Waals surface area contributed by atoms with Gasteiger partial charge in [0, 0.05) is 12.4 Å². The van der Waals surface area contributed by atoms with Gasteiger partial charge in [-0.3, -0.25) is 4.79 Å². The Balaban J connectivity index is 1.87. The van der Waals surface area contributed by atoms with Gasteiger partial charge in [0.15, 0.2) is 0 Å². The van der Waals surface area contributed by atoms with Gasteiger partial charge in [-0.1, -0.05) is 19.1 Å². The fraction of sp³-hybridized carbons (Fsp3) is 0.375. The van der Waals surface area contributed by atoms with Crippen LogP contribution < -0.4 is 10.6 Å². The van der Waals surface area contributed by atoms with Crippen LogP contribution in [0.4, 0.5) is 5.69 Å². The van der Waals surface area contributed by atoms with Crippen LogP contribution in [0.5, 0.6) is 0 Å². The topological polar surface area (TPSA) is 59.0 Å². The van der Waals surface area contributed by atoms with E-state index in [0.717, 1.165) is 37.2 Å². The zero-order chi connectivity index (χ0) is 14.7. The van der Waals surface area contributed by atoms with Crippen molar-refractivity contribution in [3.8, 4) is 5.69 Å². The van der Waals surface area contributed by atoms with Crippen LogP contribution in [0.1, 0.15) is 26.2 Å². The fourth-order valence-corrected chi connectivity index (χ4v) is 2.91. The van der Waals surface area contributed by atoms with Gasteiger partial charge >= 0.3 is 0 Å². The van der Waals surface area contributed by atoms with E-state index in [1.165, 1.54) is 0 Å². The Morgan fingerprint density at radius 2 is 2.33 bits per heavy atom. The van der Waals surface area contributed by atoms with E-state index >= 15 is 0 Å². The van der Waals surface area contributed by atoms with Crippen LogP contribution >= 0.6 is 0 Å². The lowest BCUT2D eigenvalue weighted by molar-refractivity contribution is -0.122. The molecule has 1 aromatic heterocycles. The van der Waals surface area contributed by atoms with Crippen LogP contribution in [0.25, 0.3) is 5.69 Å². The second-order valence-electron chi connectivity index (χ2n) is 5.41. The molecule has 1 saturated heterocycles. The number of imidazole rings is 1. The van der Waals surface area contributed by atoms with E-state index in [2.05, 4.69) is 22.5 Å². The van der Waals surface area contributed by atoms with Gasteiger partial charge in [0.2, 0.25) is 5.91 Å². The summed E-state index contributed by atoms with van der Waals surface area (Å²) in [5, 5.41) is 6.45. The van der Waals surface area contributed by atoms with Crippen molar-refractivity contribution in [2.45, 2.75) is 31.7 Å². The Labute approximate surface area is 124 Å². The summed E-state index contributed by atoms with van der Waals surface area (Å²) in [6, 6.07) is 7.77. The smallest absolute Gasteiger partial charge is 0.244 e. The maximum absolute atomic E-state index is 12.7. The molecule has 5 heteroatoms. The summed E-state index contributed by atoms with van der Waals surface area (Å²) in [5.74, 6) is 0.0510. The number of nitrogens with one attached hydrogen (secondary N) is 2. The van der Waals surface area contributed by atoms with E-state index in [4.69, 9.17) is 0 Å². The number of para-hydroxylation sites is 2. The first-order valence-corrected chi connectivity index (χ1v) is 7.39. The summed E-state index contributed by atoms with van der Waals surface area (Å²) in [4.78, 5) is 16.8. The molecule has 1 fully saturated rings. The third kappa shape index (κ3) is 2.56. The lowest BCUT2D eigenvalue weighted by Crippen LogP contribution is -2.50. The van der Waals surface area contributed by atoms with E-state index in [9.17, 15) is 4.79 Å². The van der Waals surface area contributed by atoms with Gasteiger partial charge < -0.3 is 15.2 Å². The highest BCUT2D eigenvalue weighted by molar-refractivity contribution is 5.99. The van der Waals surface area contributed by atoms with Gasteiger partial charge in [-0.05, 0) is 37.9 Å². The average Bonchev–Trinajstić information content (AvgIpc) is 3.20. The number of rotatable bonds is 4. The Bertz CT molecular complexity index is 615. The number of carbonyl (C=O) groups is 1. The average molecular weight is 284 g/mol. The van der Waals surface area contributed by atoms with Crippen LogP contribution in [0.3, 0.4) is 0 Å². The van der Waals surface area contributed by atoms with Crippen molar-refractivity contribution in [1.29, 1.82) is 0 Å². The van der Waals surface area contributed by atoms with Crippen molar-refractivity contribution in [2.24, 2.45) is 0 Å². The zero-order valence-electron chi connectivity index (χ0n) is 12.2. The first-order chi connectivity index (χ1) is 10.2. The molecule has 1 aliphatic rings. The van der Waals surface area contributed by atoms with Crippen molar-refractivity contribution in [3.63, 3.8) is 0 Å². The minimum Gasteiger partial charge on any atom is -0.323 e. The number of nitrogens with zero attached hydrogens (tertiary/aromatic N) is 2. The van der Waals surface area contributed by atoms with Crippen LogP contribution in [0.15, 0.2) is 43.0 Å². The molecule has 0 spiro atoms. The molecule has 1 amide bonds. The molecular formula is C16H20N4O. The summed E-state index contributed by atoms with van der Waals surface area (Å²) in [6.07, 6.45) is 8.06. The first kappa shape index (κ1) is 13.8. The van der Waals surface area contributed by atoms with Crippen LogP contribution in [-0.4, -0.2) is 27.5 Å². The third-order valence-corrected chi connectivity index (χ3v) is 4.22. The van der Waals surface area contributed by atoms with Gasteiger partial charge in [-0.15, -0.1) is 0 Å². The minimum absolute atomic E-state index is 0.0510. The minimum atomic E-state index is -0.429. The van der Waals surface area contributed by atoms with Crippen molar-refractivity contribution < 1.29 is 4.79 Å². The third-order valence-electron chi connectivity index (χ3n) is 4.22. The molecule has 0 saturated carbocycles. The monoisotopic (exact) mass is 284 g/mol. The molecule has 2 N–H and O–H groups in total. The molecule has 5 nitrogen and oxygen atoms in total. The number of amides is 1. The van der Waals surface area contributed by atoms with Gasteiger partial charge in [0.25, 0.3) is 0 Å². The first-order valence-electron chi connectivity index (χ1n) is 7.39. The molecule has 2 heterocycles. The standard InChI is InChI=1S/C16H20N4O/c1-2-16(8-5-9-18-16)15(21)19-13-6-3-4-7-14(13)20-11-10-17-12-20/h3-4,6-7,10-12,18H,2,5,8-9H2,1H3,(H,19,21). The number of anilines is 1. The molecule has 1 aromatic carbocycles. The quantitative estimate of drug-likeness (QED) is 0.906. The number of aromatic nitrogens is 2. The summed E-state index contributed by atoms with van der Waals surface area (Å²) >= 11 is 0. The van der Waals surface area contributed by atoms with Gasteiger partial charge in [-0.2, -0.15) is 0 Å². The molecule has 1 unspecified atom stereocenters. The predicted molar refractivity (Wildman–Crippen MR) is 82.5 cm³/mol. The largest absolute Gasteiger partial charge is 0.323 e. The highest BCUT2D eigenvalue weighted by Crippen LogP contribution is 2.27. The van der Waals surface area contributed by atoms with E-state index in [1.807, 2.05) is 35.0 Å². The maximum Gasteiger partial charge on any atom is 0.244 e. The molecule has 3 rings (SSSR count). The molecule has 1 aliphatic heterocycles. The Morgan fingerprint density at radius 1 is 1.48 bits per heavy atom. The van der Waals surface area contributed by atoms with E-state index < -0.39 is 5.54 Å². The van der Waals surface area contributed by atoms with Crippen LogP contribution in [0, 0.1) is 0 Å². The SMILES string of the molecule is CCC1(C(=O)Nc2ccccc2-n2ccnc2)CCCN1. The van der Waals surface area contributed by atoms with Crippen molar-refractivity contribution in [2.75, 3.05) is 11.9 Å². The van der Waals surface area contributed by atoms with Crippen LogP contribution in [-0.2, 0) is 4.79 Å². The lowest BCUT2D eigenvalue weighted by Gasteiger charge is -2.27. The zero-order valence-corrected chi connectivity index (χ0v) is 12.2. The molecule has 0 aliphatic carbocycles. The molecule has 1 atom stereocenters. The Morgan fingerprint density at radius 3 is 3.00 bits per heavy atom. The molecule has 110 valence electrons. The number of hydrogen-bond acceptors (Lipinski definition) is 3. The van der Waals surface area contributed by atoms with Crippen molar-refractivity contribution in [3.05, 3.63) is 43.0 Å². The highest BCUT2D eigenvalue weighted by Gasteiger charge is 2.39. The number of hydrogen-bond donors (Lipinski definition) is 2. The van der Waals surface area contributed by atoms with E-state index in [0.29, 0.717) is 0 Å². The highest BCUT2D eigenvalue weighted by atomic mass is 16.2. The van der Waals surface area contributed by atoms with Crippen LogP contribution in [0.2, 0.25) is 0 Å². The maximum atomic E-state index is 12.7. The lowest BCUT2D eigenvalue weighted by atomic mass is 9.93. The van der Waals surface area contributed by atoms with Crippen molar-refractivity contribution >= 4 is 11.6 Å². The Hall–Kier alpha value is -2.14.